The highest BCUT2D eigenvalue weighted by atomic mass is 16.2. The largest absolute Gasteiger partial charge is 0.351 e. The number of carbonyl (C=O) groups excluding carboxylic acids is 1. The summed E-state index contributed by atoms with van der Waals surface area (Å²) < 4.78 is 0. The van der Waals surface area contributed by atoms with Gasteiger partial charge >= 0.3 is 6.03 Å². The van der Waals surface area contributed by atoms with Crippen LogP contribution in [-0.2, 0) is 6.54 Å². The molecule has 0 heterocycles. The molecule has 0 fully saturated rings. The van der Waals surface area contributed by atoms with Crippen LogP contribution in [0.4, 0.5) is 10.5 Å². The molecule has 4 nitrogen and oxygen atoms in total. The third-order valence-corrected chi connectivity index (χ3v) is 6.12. The monoisotopic (exact) mass is 443 g/mol. The molecule has 174 valence electrons. The molecule has 0 radical (unpaired) electrons. The second-order valence-corrected chi connectivity index (χ2v) is 9.27. The number of para-hydroxylation sites is 1. The van der Waals surface area contributed by atoms with Crippen molar-refractivity contribution < 1.29 is 4.79 Å². The molecule has 0 saturated carbocycles. The Morgan fingerprint density at radius 1 is 0.818 bits per heavy atom. The summed E-state index contributed by atoms with van der Waals surface area (Å²) in [4.78, 5) is 14.6. The fraction of sp³-hybridized carbons (Fsp3) is 0.345. The summed E-state index contributed by atoms with van der Waals surface area (Å²) in [6, 6.07) is 26.7. The summed E-state index contributed by atoms with van der Waals surface area (Å²) >= 11 is 0. The van der Waals surface area contributed by atoms with E-state index in [9.17, 15) is 4.79 Å². The minimum Gasteiger partial charge on any atom is -0.351 e. The third-order valence-electron chi connectivity index (χ3n) is 6.12. The second-order valence-electron chi connectivity index (χ2n) is 9.27. The van der Waals surface area contributed by atoms with Crippen LogP contribution in [0.1, 0.15) is 67.7 Å². The summed E-state index contributed by atoms with van der Waals surface area (Å²) in [6.07, 6.45) is 0. The number of carbonyl (C=O) groups is 1. The number of urea groups is 1. The fourth-order valence-corrected chi connectivity index (χ4v) is 4.33. The van der Waals surface area contributed by atoms with E-state index in [4.69, 9.17) is 5.73 Å². The van der Waals surface area contributed by atoms with Gasteiger partial charge in [0.15, 0.2) is 0 Å². The van der Waals surface area contributed by atoms with Gasteiger partial charge in [0, 0.05) is 25.6 Å². The molecule has 0 aliphatic rings. The van der Waals surface area contributed by atoms with E-state index < -0.39 is 6.03 Å². The van der Waals surface area contributed by atoms with Crippen molar-refractivity contribution in [1.82, 2.24) is 5.32 Å². The molecular weight excluding hydrogens is 406 g/mol. The number of nitrogens with zero attached hydrogens (tertiary/aromatic N) is 1. The van der Waals surface area contributed by atoms with Crippen molar-refractivity contribution in [3.63, 3.8) is 0 Å². The van der Waals surface area contributed by atoms with Crippen molar-refractivity contribution in [3.05, 3.63) is 101 Å². The first-order valence-corrected chi connectivity index (χ1v) is 11.9. The van der Waals surface area contributed by atoms with Gasteiger partial charge in [-0.15, -0.1) is 0 Å². The van der Waals surface area contributed by atoms with Crippen LogP contribution in [0, 0.1) is 0 Å². The summed E-state index contributed by atoms with van der Waals surface area (Å²) in [5, 5.41) is 3.59. The Kier molecular flexibility index (Phi) is 8.67. The summed E-state index contributed by atoms with van der Waals surface area (Å²) in [5.74, 6) is 0.668. The van der Waals surface area contributed by atoms with Gasteiger partial charge in [0.1, 0.15) is 0 Å². The molecule has 3 rings (SSSR count). The van der Waals surface area contributed by atoms with Crippen LogP contribution in [0.2, 0.25) is 0 Å². The molecular formula is C29H37N3O. The van der Waals surface area contributed by atoms with E-state index >= 15 is 0 Å². The summed E-state index contributed by atoms with van der Waals surface area (Å²) in [7, 11) is 0. The van der Waals surface area contributed by atoms with Crippen molar-refractivity contribution in [3.8, 4) is 0 Å². The average molecular weight is 444 g/mol. The van der Waals surface area contributed by atoms with Crippen LogP contribution < -0.4 is 16.0 Å². The Labute approximate surface area is 198 Å². The first-order chi connectivity index (χ1) is 15.9. The van der Waals surface area contributed by atoms with Gasteiger partial charge in [0.05, 0.1) is 5.69 Å². The van der Waals surface area contributed by atoms with E-state index in [0.717, 1.165) is 29.9 Å². The number of benzene rings is 3. The van der Waals surface area contributed by atoms with Gasteiger partial charge < -0.3 is 11.1 Å². The topological polar surface area (TPSA) is 58.4 Å². The molecule has 2 amide bonds. The number of anilines is 1. The number of amides is 2. The van der Waals surface area contributed by atoms with Crippen molar-refractivity contribution in [2.24, 2.45) is 5.73 Å². The van der Waals surface area contributed by atoms with Crippen LogP contribution in [0.15, 0.2) is 78.9 Å². The lowest BCUT2D eigenvalue weighted by Crippen LogP contribution is -2.42. The second kappa shape index (κ2) is 11.7. The zero-order chi connectivity index (χ0) is 23.8. The van der Waals surface area contributed by atoms with E-state index in [0.29, 0.717) is 6.54 Å². The molecule has 4 heteroatoms. The predicted molar refractivity (Wildman–Crippen MR) is 139 cm³/mol. The molecule has 0 saturated heterocycles. The maximum Gasteiger partial charge on any atom is 0.319 e. The van der Waals surface area contributed by atoms with Crippen LogP contribution in [0.3, 0.4) is 0 Å². The molecule has 1 unspecified atom stereocenters. The van der Waals surface area contributed by atoms with Crippen LogP contribution in [0.5, 0.6) is 0 Å². The van der Waals surface area contributed by atoms with Crippen LogP contribution in [0.25, 0.3) is 0 Å². The maximum absolute atomic E-state index is 12.8. The molecule has 0 aromatic heterocycles. The lowest BCUT2D eigenvalue weighted by molar-refractivity contribution is 0.253. The van der Waals surface area contributed by atoms with E-state index in [-0.39, 0.29) is 17.8 Å². The lowest BCUT2D eigenvalue weighted by Gasteiger charge is -2.32. The Hall–Kier alpha value is -3.11. The summed E-state index contributed by atoms with van der Waals surface area (Å²) in [5.41, 5.74) is 11.7. The number of nitrogens with two attached hydrogens (primary N) is 1. The molecule has 1 atom stereocenters. The van der Waals surface area contributed by atoms with E-state index in [1.54, 1.807) is 4.90 Å². The zero-order valence-electron chi connectivity index (χ0n) is 20.3. The average Bonchev–Trinajstić information content (AvgIpc) is 2.81. The quantitative estimate of drug-likeness (QED) is 0.381. The fourth-order valence-electron chi connectivity index (χ4n) is 4.33. The standard InChI is InChI=1S/C29H37N3O/c1-21(2)26-16-11-17-27(22(3)4)28(26)32(29(30)33)20-25(24-14-9-6-10-15-24)19-31-18-23-12-7-5-8-13-23/h5-17,21-22,25,31H,18-20H2,1-4H3,(H2,30,33). The van der Waals surface area contributed by atoms with Gasteiger partial charge in [-0.1, -0.05) is 107 Å². The first-order valence-electron chi connectivity index (χ1n) is 11.9. The number of hydrogen-bond acceptors (Lipinski definition) is 2. The highest BCUT2D eigenvalue weighted by Gasteiger charge is 2.26. The third kappa shape index (κ3) is 6.45. The van der Waals surface area contributed by atoms with Crippen LogP contribution in [-0.4, -0.2) is 19.1 Å². The first kappa shape index (κ1) is 24.5. The molecule has 3 aromatic carbocycles. The molecule has 33 heavy (non-hydrogen) atoms. The van der Waals surface area contributed by atoms with Gasteiger partial charge in [-0.05, 0) is 34.1 Å². The number of nitrogens with one attached hydrogen (secondary N) is 1. The molecule has 0 aliphatic heterocycles. The van der Waals surface area contributed by atoms with Gasteiger partial charge in [0.25, 0.3) is 0 Å². The number of rotatable bonds is 10. The summed E-state index contributed by atoms with van der Waals surface area (Å²) in [6.45, 7) is 10.7. The molecule has 3 aromatic rings. The maximum atomic E-state index is 12.8. The van der Waals surface area contributed by atoms with Crippen molar-refractivity contribution in [2.75, 3.05) is 18.0 Å². The van der Waals surface area contributed by atoms with Gasteiger partial charge in [-0.25, -0.2) is 4.79 Å². The Balaban J connectivity index is 1.93. The predicted octanol–water partition coefficient (Wildman–Crippen LogP) is 6.39. The Morgan fingerprint density at radius 3 is 1.88 bits per heavy atom. The Morgan fingerprint density at radius 2 is 1.36 bits per heavy atom. The molecule has 0 spiro atoms. The van der Waals surface area contributed by atoms with E-state index in [1.807, 2.05) is 12.1 Å². The normalized spacial score (nSPS) is 12.2. The molecule has 0 bridgehead atoms. The van der Waals surface area contributed by atoms with Crippen LogP contribution >= 0.6 is 0 Å². The van der Waals surface area contributed by atoms with Gasteiger partial charge in [-0.3, -0.25) is 4.90 Å². The Bertz CT molecular complexity index is 989. The highest BCUT2D eigenvalue weighted by molar-refractivity contribution is 5.93. The minimum absolute atomic E-state index is 0.0997. The molecule has 0 aliphatic carbocycles. The zero-order valence-corrected chi connectivity index (χ0v) is 20.3. The van der Waals surface area contributed by atoms with Crippen molar-refractivity contribution in [2.45, 2.75) is 52.0 Å². The molecule has 3 N–H and O–H groups in total. The minimum atomic E-state index is -0.408. The van der Waals surface area contributed by atoms with Gasteiger partial charge in [-0.2, -0.15) is 0 Å². The lowest BCUT2D eigenvalue weighted by atomic mass is 9.90. The number of hydrogen-bond donors (Lipinski definition) is 2. The highest BCUT2D eigenvalue weighted by Crippen LogP contribution is 2.36. The van der Waals surface area contributed by atoms with E-state index in [2.05, 4.69) is 99.7 Å². The van der Waals surface area contributed by atoms with Crippen molar-refractivity contribution in [1.29, 1.82) is 0 Å². The smallest absolute Gasteiger partial charge is 0.319 e. The van der Waals surface area contributed by atoms with Gasteiger partial charge in [0.2, 0.25) is 0 Å². The van der Waals surface area contributed by atoms with Crippen molar-refractivity contribution >= 4 is 11.7 Å². The number of primary amides is 1. The SMILES string of the molecule is CC(C)c1cccc(C(C)C)c1N(CC(CNCc1ccccc1)c1ccccc1)C(N)=O. The van der Waals surface area contributed by atoms with E-state index in [1.165, 1.54) is 11.1 Å².